The summed E-state index contributed by atoms with van der Waals surface area (Å²) in [5, 5.41) is 23.8. The maximum absolute atomic E-state index is 12.3. The molecule has 0 radical (unpaired) electrons. The van der Waals surface area contributed by atoms with Gasteiger partial charge in [0.05, 0.1) is 32.1 Å². The van der Waals surface area contributed by atoms with Gasteiger partial charge in [-0.2, -0.15) is 0 Å². The molecule has 152 valence electrons. The summed E-state index contributed by atoms with van der Waals surface area (Å²) in [5.74, 6) is 0.503. The summed E-state index contributed by atoms with van der Waals surface area (Å²) in [7, 11) is 1.61. The molecule has 1 unspecified atom stereocenters. The van der Waals surface area contributed by atoms with Crippen LogP contribution >= 0.6 is 0 Å². The van der Waals surface area contributed by atoms with E-state index in [1.807, 2.05) is 31.2 Å². The lowest BCUT2D eigenvalue weighted by Gasteiger charge is -2.13. The summed E-state index contributed by atoms with van der Waals surface area (Å²) in [6.45, 7) is 2.45. The van der Waals surface area contributed by atoms with Gasteiger partial charge in [-0.15, -0.1) is 5.10 Å². The number of carbonyl (C=O) groups excluding carboxylic acids is 1. The first-order valence-electron chi connectivity index (χ1n) is 9.08. The smallest absolute Gasteiger partial charge is 0.251 e. The average Bonchev–Trinajstić information content (AvgIpc) is 3.27. The van der Waals surface area contributed by atoms with Crippen molar-refractivity contribution in [3.63, 3.8) is 0 Å². The van der Waals surface area contributed by atoms with Gasteiger partial charge in [0.15, 0.2) is 0 Å². The summed E-state index contributed by atoms with van der Waals surface area (Å²) in [6.07, 6.45) is 0.684. The SMILES string of the molecule is COc1ccc(COCC(O)CNC(=O)c2ccc(-n3cnnn3)c(C)c2)cc1. The number of carbonyl (C=O) groups is 1. The summed E-state index contributed by atoms with van der Waals surface area (Å²) >= 11 is 0. The summed E-state index contributed by atoms with van der Waals surface area (Å²) in [6, 6.07) is 12.7. The molecule has 0 bridgehead atoms. The van der Waals surface area contributed by atoms with Crippen molar-refractivity contribution >= 4 is 5.91 Å². The minimum absolute atomic E-state index is 0.0925. The number of benzene rings is 2. The van der Waals surface area contributed by atoms with Gasteiger partial charge in [-0.3, -0.25) is 4.79 Å². The number of amides is 1. The van der Waals surface area contributed by atoms with E-state index in [4.69, 9.17) is 9.47 Å². The Morgan fingerprint density at radius 3 is 2.69 bits per heavy atom. The second-order valence-corrected chi connectivity index (χ2v) is 6.48. The number of tetrazole rings is 1. The van der Waals surface area contributed by atoms with E-state index in [1.165, 1.54) is 11.0 Å². The molecule has 0 aliphatic rings. The van der Waals surface area contributed by atoms with E-state index in [9.17, 15) is 9.90 Å². The Kier molecular flexibility index (Phi) is 6.88. The van der Waals surface area contributed by atoms with Gasteiger partial charge in [0.1, 0.15) is 12.1 Å². The number of hydrogen-bond donors (Lipinski definition) is 2. The standard InChI is InChI=1S/C20H23N5O4/c1-14-9-16(5-8-19(14)25-13-22-23-24-25)20(27)21-10-17(26)12-29-11-15-3-6-18(28-2)7-4-15/h3-9,13,17,26H,10-12H2,1-2H3,(H,21,27). The third-order valence-electron chi connectivity index (χ3n) is 4.29. The van der Waals surface area contributed by atoms with Crippen LogP contribution in [0.1, 0.15) is 21.5 Å². The molecule has 1 amide bonds. The maximum atomic E-state index is 12.3. The zero-order valence-electron chi connectivity index (χ0n) is 16.3. The first kappa shape index (κ1) is 20.4. The number of hydrogen-bond acceptors (Lipinski definition) is 7. The third-order valence-corrected chi connectivity index (χ3v) is 4.29. The van der Waals surface area contributed by atoms with E-state index in [1.54, 1.807) is 25.3 Å². The van der Waals surface area contributed by atoms with Crippen LogP contribution in [0.4, 0.5) is 0 Å². The number of rotatable bonds is 9. The molecular weight excluding hydrogens is 374 g/mol. The van der Waals surface area contributed by atoms with Crippen LogP contribution < -0.4 is 10.1 Å². The van der Waals surface area contributed by atoms with Crippen LogP contribution in [0.5, 0.6) is 5.75 Å². The molecule has 0 fully saturated rings. The van der Waals surface area contributed by atoms with Crippen molar-refractivity contribution in [3.8, 4) is 11.4 Å². The Balaban J connectivity index is 1.44. The first-order valence-corrected chi connectivity index (χ1v) is 9.08. The molecule has 2 aromatic carbocycles. The van der Waals surface area contributed by atoms with Gasteiger partial charge >= 0.3 is 0 Å². The molecule has 2 N–H and O–H groups in total. The normalized spacial score (nSPS) is 11.8. The lowest BCUT2D eigenvalue weighted by molar-refractivity contribution is 0.0285. The van der Waals surface area contributed by atoms with Crippen LogP contribution in [0.2, 0.25) is 0 Å². The van der Waals surface area contributed by atoms with Crippen LogP contribution in [0.15, 0.2) is 48.8 Å². The highest BCUT2D eigenvalue weighted by Crippen LogP contribution is 2.14. The molecule has 0 saturated heterocycles. The maximum Gasteiger partial charge on any atom is 0.251 e. The number of aliphatic hydroxyl groups excluding tert-OH is 1. The highest BCUT2D eigenvalue weighted by Gasteiger charge is 2.12. The fraction of sp³-hybridized carbons (Fsp3) is 0.300. The van der Waals surface area contributed by atoms with Gasteiger partial charge in [0, 0.05) is 12.1 Å². The number of aliphatic hydroxyl groups is 1. The Bertz CT molecular complexity index is 929. The summed E-state index contributed by atoms with van der Waals surface area (Å²) < 4.78 is 12.1. The van der Waals surface area contributed by atoms with E-state index in [2.05, 4.69) is 20.8 Å². The van der Waals surface area contributed by atoms with Crippen LogP contribution in [0, 0.1) is 6.92 Å². The predicted octanol–water partition coefficient (Wildman–Crippen LogP) is 1.29. The molecular formula is C20H23N5O4. The molecule has 1 aromatic heterocycles. The first-order chi connectivity index (χ1) is 14.1. The number of nitrogens with one attached hydrogen (secondary N) is 1. The molecule has 3 aromatic rings. The van der Waals surface area contributed by atoms with Crippen LogP contribution in [-0.2, 0) is 11.3 Å². The van der Waals surface area contributed by atoms with Gasteiger partial charge in [-0.25, -0.2) is 4.68 Å². The van der Waals surface area contributed by atoms with Gasteiger partial charge in [-0.1, -0.05) is 12.1 Å². The van der Waals surface area contributed by atoms with Crippen molar-refractivity contribution in [1.29, 1.82) is 0 Å². The minimum Gasteiger partial charge on any atom is -0.497 e. The molecule has 0 saturated carbocycles. The topological polar surface area (TPSA) is 111 Å². The van der Waals surface area contributed by atoms with E-state index in [-0.39, 0.29) is 19.1 Å². The molecule has 1 atom stereocenters. The lowest BCUT2D eigenvalue weighted by atomic mass is 10.1. The third kappa shape index (κ3) is 5.59. The molecule has 9 nitrogen and oxygen atoms in total. The molecule has 1 heterocycles. The van der Waals surface area contributed by atoms with Crippen molar-refractivity contribution in [2.75, 3.05) is 20.3 Å². The summed E-state index contributed by atoms with van der Waals surface area (Å²) in [4.78, 5) is 12.3. The number of aromatic nitrogens is 4. The molecule has 0 aliphatic heterocycles. The second kappa shape index (κ2) is 9.76. The van der Waals surface area contributed by atoms with E-state index >= 15 is 0 Å². The molecule has 0 spiro atoms. The van der Waals surface area contributed by atoms with Gasteiger partial charge < -0.3 is 19.9 Å². The number of ether oxygens (including phenoxy) is 2. The van der Waals surface area contributed by atoms with Crippen LogP contribution in [0.3, 0.4) is 0 Å². The largest absolute Gasteiger partial charge is 0.497 e. The number of aryl methyl sites for hydroxylation is 1. The van der Waals surface area contributed by atoms with Crippen molar-refractivity contribution in [3.05, 3.63) is 65.5 Å². The Morgan fingerprint density at radius 1 is 1.24 bits per heavy atom. The zero-order chi connectivity index (χ0) is 20.6. The molecule has 3 rings (SSSR count). The van der Waals surface area contributed by atoms with Crippen molar-refractivity contribution in [2.45, 2.75) is 19.6 Å². The zero-order valence-corrected chi connectivity index (χ0v) is 16.3. The molecule has 29 heavy (non-hydrogen) atoms. The van der Waals surface area contributed by atoms with E-state index in [0.29, 0.717) is 12.2 Å². The number of methoxy groups -OCH3 is 1. The Morgan fingerprint density at radius 2 is 2.03 bits per heavy atom. The molecule has 9 heteroatoms. The monoisotopic (exact) mass is 397 g/mol. The van der Waals surface area contributed by atoms with Gasteiger partial charge in [0.2, 0.25) is 0 Å². The predicted molar refractivity (Wildman–Crippen MR) is 105 cm³/mol. The highest BCUT2D eigenvalue weighted by atomic mass is 16.5. The highest BCUT2D eigenvalue weighted by molar-refractivity contribution is 5.94. The van der Waals surface area contributed by atoms with Crippen molar-refractivity contribution in [1.82, 2.24) is 25.5 Å². The summed E-state index contributed by atoms with van der Waals surface area (Å²) in [5.41, 5.74) is 3.11. The fourth-order valence-corrected chi connectivity index (χ4v) is 2.73. The van der Waals surface area contributed by atoms with E-state index in [0.717, 1.165) is 22.6 Å². The number of nitrogens with zero attached hydrogens (tertiary/aromatic N) is 4. The minimum atomic E-state index is -0.807. The van der Waals surface area contributed by atoms with Crippen molar-refractivity contribution < 1.29 is 19.4 Å². The Labute approximate surface area is 168 Å². The fourth-order valence-electron chi connectivity index (χ4n) is 2.73. The van der Waals surface area contributed by atoms with Crippen LogP contribution in [0.25, 0.3) is 5.69 Å². The van der Waals surface area contributed by atoms with Gasteiger partial charge in [0.25, 0.3) is 5.91 Å². The quantitative estimate of drug-likeness (QED) is 0.559. The molecule has 0 aliphatic carbocycles. The van der Waals surface area contributed by atoms with Gasteiger partial charge in [-0.05, 0) is 58.8 Å². The van der Waals surface area contributed by atoms with Crippen LogP contribution in [-0.4, -0.2) is 57.6 Å². The second-order valence-electron chi connectivity index (χ2n) is 6.48. The lowest BCUT2D eigenvalue weighted by Crippen LogP contribution is -2.34. The Hall–Kier alpha value is -3.30. The van der Waals surface area contributed by atoms with E-state index < -0.39 is 6.10 Å². The average molecular weight is 397 g/mol. The van der Waals surface area contributed by atoms with Crippen molar-refractivity contribution in [2.24, 2.45) is 0 Å².